The van der Waals surface area contributed by atoms with E-state index < -0.39 is 0 Å². The molecule has 1 saturated carbocycles. The van der Waals surface area contributed by atoms with Crippen molar-refractivity contribution in [3.8, 4) is 0 Å². The Kier molecular flexibility index (Phi) is 1.76. The van der Waals surface area contributed by atoms with Crippen LogP contribution >= 0.6 is 0 Å². The summed E-state index contributed by atoms with van der Waals surface area (Å²) in [4.78, 5) is 4.52. The van der Waals surface area contributed by atoms with E-state index in [9.17, 15) is 0 Å². The molecular formula is C11H16N2. The smallest absolute Gasteiger partial charge is 0.0227 e. The highest BCUT2D eigenvalue weighted by molar-refractivity contribution is 5.89. The molecule has 0 radical (unpaired) electrons. The second-order valence-corrected chi connectivity index (χ2v) is 4.56. The fraction of sp³-hybridized carbons (Fsp3) is 0.727. The van der Waals surface area contributed by atoms with E-state index in [2.05, 4.69) is 16.4 Å². The SMILES string of the molecule is C1=CN=C2C[C@@H]3CNC[C@H]3CC2C1. The lowest BCUT2D eigenvalue weighted by Crippen LogP contribution is -2.31. The van der Waals surface area contributed by atoms with E-state index in [-0.39, 0.29) is 0 Å². The molecule has 0 bridgehead atoms. The van der Waals surface area contributed by atoms with E-state index >= 15 is 0 Å². The zero-order chi connectivity index (χ0) is 8.67. The van der Waals surface area contributed by atoms with Crippen molar-refractivity contribution in [3.63, 3.8) is 0 Å². The molecule has 13 heavy (non-hydrogen) atoms. The molecule has 3 rings (SSSR count). The standard InChI is InChI=1S/C11H16N2/c1-2-8-4-9-6-12-7-10(9)5-11(8)13-3-1/h1,3,8-10,12H,2,4-7H2/t8?,9-,10-/m1/s1. The lowest BCUT2D eigenvalue weighted by molar-refractivity contribution is 0.330. The van der Waals surface area contributed by atoms with E-state index in [1.165, 1.54) is 38.1 Å². The van der Waals surface area contributed by atoms with Crippen molar-refractivity contribution in [1.82, 2.24) is 5.32 Å². The van der Waals surface area contributed by atoms with Gasteiger partial charge in [0.25, 0.3) is 0 Å². The molecule has 2 nitrogen and oxygen atoms in total. The summed E-state index contributed by atoms with van der Waals surface area (Å²) >= 11 is 0. The fourth-order valence-corrected chi connectivity index (χ4v) is 3.00. The third kappa shape index (κ3) is 1.24. The first-order chi connectivity index (χ1) is 6.43. The summed E-state index contributed by atoms with van der Waals surface area (Å²) in [6.45, 7) is 2.47. The number of nitrogens with one attached hydrogen (secondary N) is 1. The van der Waals surface area contributed by atoms with E-state index in [1.807, 2.05) is 6.20 Å². The highest BCUT2D eigenvalue weighted by Crippen LogP contribution is 2.37. The maximum absolute atomic E-state index is 4.52. The van der Waals surface area contributed by atoms with Gasteiger partial charge in [-0.15, -0.1) is 0 Å². The van der Waals surface area contributed by atoms with Gasteiger partial charge >= 0.3 is 0 Å². The molecule has 70 valence electrons. The topological polar surface area (TPSA) is 24.4 Å². The zero-order valence-electron chi connectivity index (χ0n) is 7.87. The van der Waals surface area contributed by atoms with Crippen LogP contribution in [-0.4, -0.2) is 18.8 Å². The Hall–Kier alpha value is -0.630. The molecule has 2 heterocycles. The first-order valence-corrected chi connectivity index (χ1v) is 5.36. The highest BCUT2D eigenvalue weighted by Gasteiger charge is 2.37. The number of aliphatic imine (C=N–C) groups is 1. The maximum Gasteiger partial charge on any atom is 0.0227 e. The highest BCUT2D eigenvalue weighted by atomic mass is 14.9. The number of rotatable bonds is 0. The van der Waals surface area contributed by atoms with Crippen molar-refractivity contribution in [2.75, 3.05) is 13.1 Å². The van der Waals surface area contributed by atoms with Gasteiger partial charge in [-0.05, 0) is 44.2 Å². The zero-order valence-corrected chi connectivity index (χ0v) is 7.87. The van der Waals surface area contributed by atoms with Crippen LogP contribution in [0.1, 0.15) is 19.3 Å². The predicted molar refractivity (Wildman–Crippen MR) is 53.8 cm³/mol. The third-order valence-corrected chi connectivity index (χ3v) is 3.78. The van der Waals surface area contributed by atoms with Gasteiger partial charge < -0.3 is 5.32 Å². The van der Waals surface area contributed by atoms with Crippen molar-refractivity contribution in [2.45, 2.75) is 19.3 Å². The van der Waals surface area contributed by atoms with Gasteiger partial charge in [0.1, 0.15) is 0 Å². The Balaban J connectivity index is 1.83. The van der Waals surface area contributed by atoms with Crippen LogP contribution in [0.4, 0.5) is 0 Å². The maximum atomic E-state index is 4.52. The van der Waals surface area contributed by atoms with Gasteiger partial charge in [0, 0.05) is 17.8 Å². The number of nitrogens with zero attached hydrogens (tertiary/aromatic N) is 1. The Bertz CT molecular complexity index is 267. The van der Waals surface area contributed by atoms with Gasteiger partial charge in [0.15, 0.2) is 0 Å². The summed E-state index contributed by atoms with van der Waals surface area (Å²) in [5, 5.41) is 3.50. The van der Waals surface area contributed by atoms with Gasteiger partial charge in [-0.3, -0.25) is 4.99 Å². The summed E-state index contributed by atoms with van der Waals surface area (Å²) in [6, 6.07) is 0. The van der Waals surface area contributed by atoms with Gasteiger partial charge in [-0.2, -0.15) is 0 Å². The van der Waals surface area contributed by atoms with Crippen LogP contribution in [0.5, 0.6) is 0 Å². The van der Waals surface area contributed by atoms with Crippen LogP contribution in [0.2, 0.25) is 0 Å². The Labute approximate surface area is 79.1 Å². The normalized spacial score (nSPS) is 42.5. The summed E-state index contributed by atoms with van der Waals surface area (Å²) in [6.07, 6.45) is 8.08. The molecule has 1 saturated heterocycles. The van der Waals surface area contributed by atoms with E-state index in [0.717, 1.165) is 17.8 Å². The molecular weight excluding hydrogens is 160 g/mol. The van der Waals surface area contributed by atoms with Crippen LogP contribution in [0.3, 0.4) is 0 Å². The minimum atomic E-state index is 0.783. The average molecular weight is 176 g/mol. The molecule has 2 fully saturated rings. The summed E-state index contributed by atoms with van der Waals surface area (Å²) < 4.78 is 0. The molecule has 1 aliphatic carbocycles. The van der Waals surface area contributed by atoms with Crippen LogP contribution in [0.15, 0.2) is 17.3 Å². The third-order valence-electron chi connectivity index (χ3n) is 3.78. The first kappa shape index (κ1) is 7.74. The van der Waals surface area contributed by atoms with Crippen molar-refractivity contribution >= 4 is 5.71 Å². The molecule has 2 aliphatic heterocycles. The van der Waals surface area contributed by atoms with Crippen LogP contribution in [0, 0.1) is 17.8 Å². The van der Waals surface area contributed by atoms with Crippen LogP contribution in [0.25, 0.3) is 0 Å². The second-order valence-electron chi connectivity index (χ2n) is 4.56. The molecule has 0 amide bonds. The molecule has 0 aromatic rings. The van der Waals surface area contributed by atoms with Gasteiger partial charge in [-0.1, -0.05) is 6.08 Å². The fourth-order valence-electron chi connectivity index (χ4n) is 3.00. The Morgan fingerprint density at radius 3 is 3.23 bits per heavy atom. The van der Waals surface area contributed by atoms with Crippen LogP contribution < -0.4 is 5.32 Å². The predicted octanol–water partition coefficient (Wildman–Crippen LogP) is 1.59. The van der Waals surface area contributed by atoms with Crippen molar-refractivity contribution in [2.24, 2.45) is 22.7 Å². The van der Waals surface area contributed by atoms with Gasteiger partial charge in [0.05, 0.1) is 0 Å². The molecule has 0 spiro atoms. The van der Waals surface area contributed by atoms with E-state index in [0.29, 0.717) is 0 Å². The summed E-state index contributed by atoms with van der Waals surface area (Å²) in [5.74, 6) is 2.61. The lowest BCUT2D eigenvalue weighted by atomic mass is 9.73. The average Bonchev–Trinajstić information content (AvgIpc) is 2.61. The molecule has 0 aromatic carbocycles. The Morgan fingerprint density at radius 1 is 1.31 bits per heavy atom. The molecule has 0 aromatic heterocycles. The second kappa shape index (κ2) is 2.95. The monoisotopic (exact) mass is 176 g/mol. The minimum Gasteiger partial charge on any atom is -0.316 e. The van der Waals surface area contributed by atoms with Gasteiger partial charge in [-0.25, -0.2) is 0 Å². The molecule has 3 atom stereocenters. The van der Waals surface area contributed by atoms with E-state index in [4.69, 9.17) is 0 Å². The quantitative estimate of drug-likeness (QED) is 0.595. The van der Waals surface area contributed by atoms with Gasteiger partial charge in [0.2, 0.25) is 0 Å². The largest absolute Gasteiger partial charge is 0.316 e. The minimum absolute atomic E-state index is 0.783. The van der Waals surface area contributed by atoms with Crippen LogP contribution in [-0.2, 0) is 0 Å². The molecule has 1 N–H and O–H groups in total. The Morgan fingerprint density at radius 2 is 2.23 bits per heavy atom. The summed E-state index contributed by atoms with van der Waals surface area (Å²) in [7, 11) is 0. The number of hydrogen-bond acceptors (Lipinski definition) is 2. The number of fused-ring (bicyclic) bond motifs is 2. The number of hydrogen-bond donors (Lipinski definition) is 1. The first-order valence-electron chi connectivity index (χ1n) is 5.36. The van der Waals surface area contributed by atoms with Crippen molar-refractivity contribution in [3.05, 3.63) is 12.3 Å². The molecule has 1 unspecified atom stereocenters. The van der Waals surface area contributed by atoms with Crippen molar-refractivity contribution < 1.29 is 0 Å². The number of allylic oxidation sites excluding steroid dienone is 1. The molecule has 3 aliphatic rings. The van der Waals surface area contributed by atoms with Crippen molar-refractivity contribution in [1.29, 1.82) is 0 Å². The lowest BCUT2D eigenvalue weighted by Gasteiger charge is -2.33. The molecule has 2 heteroatoms. The van der Waals surface area contributed by atoms with E-state index in [1.54, 1.807) is 0 Å². The summed E-state index contributed by atoms with van der Waals surface area (Å²) in [5.41, 5.74) is 1.48.